The Labute approximate surface area is 115 Å². The summed E-state index contributed by atoms with van der Waals surface area (Å²) in [6.07, 6.45) is 0. The highest BCUT2D eigenvalue weighted by atomic mass is 16.3. The van der Waals surface area contributed by atoms with Gasteiger partial charge in [-0.25, -0.2) is 0 Å². The molecular weight excluding hydrogens is 234 g/mol. The Balaban J connectivity index is 2.24. The predicted molar refractivity (Wildman–Crippen MR) is 80.5 cm³/mol. The second-order valence-electron chi connectivity index (χ2n) is 5.28. The standard InChI is InChI=1S/C17H21NO/c1-12(2)17(14-7-5-4-6-8-14)18-15-10-9-13(3)16(19)11-15/h4-12,17-19H,1-3H3. The second-order valence-corrected chi connectivity index (χ2v) is 5.28. The molecule has 0 fully saturated rings. The molecule has 0 aliphatic rings. The molecule has 2 aromatic carbocycles. The summed E-state index contributed by atoms with van der Waals surface area (Å²) in [6, 6.07) is 16.4. The lowest BCUT2D eigenvalue weighted by Gasteiger charge is -2.24. The molecule has 0 bridgehead atoms. The van der Waals surface area contributed by atoms with Crippen molar-refractivity contribution in [2.75, 3.05) is 5.32 Å². The first-order valence-electron chi connectivity index (χ1n) is 6.69. The molecule has 1 unspecified atom stereocenters. The molecular formula is C17H21NO. The Bertz CT molecular complexity index is 534. The number of hydrogen-bond donors (Lipinski definition) is 2. The maximum Gasteiger partial charge on any atom is 0.120 e. The van der Waals surface area contributed by atoms with Crippen molar-refractivity contribution >= 4 is 5.69 Å². The Kier molecular flexibility index (Phi) is 4.10. The molecule has 0 spiro atoms. The van der Waals surface area contributed by atoms with Gasteiger partial charge in [-0.1, -0.05) is 50.2 Å². The third kappa shape index (κ3) is 3.28. The van der Waals surface area contributed by atoms with Gasteiger partial charge in [-0.05, 0) is 30.0 Å². The molecule has 0 amide bonds. The molecule has 2 N–H and O–H groups in total. The number of anilines is 1. The van der Waals surface area contributed by atoms with Crippen molar-refractivity contribution in [3.8, 4) is 5.75 Å². The molecule has 0 aliphatic heterocycles. The molecule has 2 nitrogen and oxygen atoms in total. The molecule has 0 radical (unpaired) electrons. The first-order chi connectivity index (χ1) is 9.08. The van der Waals surface area contributed by atoms with E-state index in [2.05, 4.69) is 43.4 Å². The number of benzene rings is 2. The van der Waals surface area contributed by atoms with Crippen molar-refractivity contribution in [2.24, 2.45) is 5.92 Å². The monoisotopic (exact) mass is 255 g/mol. The van der Waals surface area contributed by atoms with Gasteiger partial charge in [0, 0.05) is 11.8 Å². The molecule has 0 saturated carbocycles. The molecule has 0 aliphatic carbocycles. The summed E-state index contributed by atoms with van der Waals surface area (Å²) in [7, 11) is 0. The number of phenolic OH excluding ortho intramolecular Hbond substituents is 1. The van der Waals surface area contributed by atoms with Gasteiger partial charge in [0.1, 0.15) is 5.75 Å². The smallest absolute Gasteiger partial charge is 0.120 e. The van der Waals surface area contributed by atoms with Crippen LogP contribution in [0, 0.1) is 12.8 Å². The SMILES string of the molecule is Cc1ccc(NC(c2ccccc2)C(C)C)cc1O. The van der Waals surface area contributed by atoms with Crippen LogP contribution in [0.1, 0.15) is 31.0 Å². The van der Waals surface area contributed by atoms with Crippen LogP contribution in [0.3, 0.4) is 0 Å². The molecule has 0 aromatic heterocycles. The highest BCUT2D eigenvalue weighted by molar-refractivity contribution is 5.52. The van der Waals surface area contributed by atoms with Crippen LogP contribution in [0.2, 0.25) is 0 Å². The van der Waals surface area contributed by atoms with Gasteiger partial charge >= 0.3 is 0 Å². The molecule has 2 rings (SSSR count). The van der Waals surface area contributed by atoms with Gasteiger partial charge in [0.15, 0.2) is 0 Å². The van der Waals surface area contributed by atoms with Crippen molar-refractivity contribution in [3.05, 3.63) is 59.7 Å². The van der Waals surface area contributed by atoms with Crippen LogP contribution in [-0.4, -0.2) is 5.11 Å². The van der Waals surface area contributed by atoms with E-state index in [4.69, 9.17) is 0 Å². The van der Waals surface area contributed by atoms with Crippen LogP contribution in [0.4, 0.5) is 5.69 Å². The molecule has 19 heavy (non-hydrogen) atoms. The molecule has 0 saturated heterocycles. The molecule has 0 heterocycles. The first-order valence-corrected chi connectivity index (χ1v) is 6.69. The van der Waals surface area contributed by atoms with Crippen LogP contribution in [0.5, 0.6) is 5.75 Å². The molecule has 2 heteroatoms. The van der Waals surface area contributed by atoms with E-state index < -0.39 is 0 Å². The maximum absolute atomic E-state index is 9.78. The summed E-state index contributed by atoms with van der Waals surface area (Å²) in [4.78, 5) is 0. The van der Waals surface area contributed by atoms with Crippen molar-refractivity contribution in [3.63, 3.8) is 0 Å². The highest BCUT2D eigenvalue weighted by Gasteiger charge is 2.15. The third-order valence-corrected chi connectivity index (χ3v) is 3.36. The average Bonchev–Trinajstić information content (AvgIpc) is 2.40. The highest BCUT2D eigenvalue weighted by Crippen LogP contribution is 2.28. The minimum atomic E-state index is 0.239. The largest absolute Gasteiger partial charge is 0.508 e. The molecule has 2 aromatic rings. The van der Waals surface area contributed by atoms with Crippen LogP contribution < -0.4 is 5.32 Å². The normalized spacial score (nSPS) is 12.4. The van der Waals surface area contributed by atoms with Gasteiger partial charge in [0.05, 0.1) is 6.04 Å². The van der Waals surface area contributed by atoms with E-state index in [-0.39, 0.29) is 6.04 Å². The van der Waals surface area contributed by atoms with Crippen LogP contribution >= 0.6 is 0 Å². The Morgan fingerprint density at radius 2 is 1.68 bits per heavy atom. The molecule has 1 atom stereocenters. The number of rotatable bonds is 4. The Hall–Kier alpha value is -1.96. The Morgan fingerprint density at radius 3 is 2.26 bits per heavy atom. The van der Waals surface area contributed by atoms with Crippen molar-refractivity contribution in [1.29, 1.82) is 0 Å². The van der Waals surface area contributed by atoms with Gasteiger partial charge in [-0.15, -0.1) is 0 Å². The number of aromatic hydroxyl groups is 1. The summed E-state index contributed by atoms with van der Waals surface area (Å²) in [5.41, 5.74) is 3.11. The van der Waals surface area contributed by atoms with E-state index >= 15 is 0 Å². The van der Waals surface area contributed by atoms with Gasteiger partial charge < -0.3 is 10.4 Å². The number of nitrogens with one attached hydrogen (secondary N) is 1. The van der Waals surface area contributed by atoms with E-state index in [1.807, 2.05) is 25.1 Å². The van der Waals surface area contributed by atoms with Gasteiger partial charge in [0.2, 0.25) is 0 Å². The minimum absolute atomic E-state index is 0.239. The zero-order valence-corrected chi connectivity index (χ0v) is 11.7. The summed E-state index contributed by atoms with van der Waals surface area (Å²) in [5.74, 6) is 0.798. The quantitative estimate of drug-likeness (QED) is 0.842. The fourth-order valence-electron chi connectivity index (χ4n) is 2.17. The zero-order valence-electron chi connectivity index (χ0n) is 11.7. The Morgan fingerprint density at radius 1 is 1.00 bits per heavy atom. The van der Waals surface area contributed by atoms with E-state index in [0.29, 0.717) is 11.7 Å². The van der Waals surface area contributed by atoms with E-state index in [1.54, 1.807) is 6.07 Å². The minimum Gasteiger partial charge on any atom is -0.508 e. The lowest BCUT2D eigenvalue weighted by Crippen LogP contribution is -2.16. The molecule has 100 valence electrons. The second kappa shape index (κ2) is 5.79. The summed E-state index contributed by atoms with van der Waals surface area (Å²) in [6.45, 7) is 6.29. The van der Waals surface area contributed by atoms with Crippen LogP contribution in [0.15, 0.2) is 48.5 Å². The van der Waals surface area contributed by atoms with Crippen molar-refractivity contribution < 1.29 is 5.11 Å². The lowest BCUT2D eigenvalue weighted by atomic mass is 9.95. The van der Waals surface area contributed by atoms with Gasteiger partial charge in [-0.3, -0.25) is 0 Å². The van der Waals surface area contributed by atoms with E-state index in [9.17, 15) is 5.11 Å². The van der Waals surface area contributed by atoms with Gasteiger partial charge in [0.25, 0.3) is 0 Å². The summed E-state index contributed by atoms with van der Waals surface area (Å²) >= 11 is 0. The van der Waals surface area contributed by atoms with Crippen LogP contribution in [0.25, 0.3) is 0 Å². The predicted octanol–water partition coefficient (Wildman–Crippen LogP) is 4.51. The maximum atomic E-state index is 9.78. The van der Waals surface area contributed by atoms with E-state index in [0.717, 1.165) is 11.3 Å². The first kappa shape index (κ1) is 13.5. The number of hydrogen-bond acceptors (Lipinski definition) is 2. The summed E-state index contributed by atoms with van der Waals surface area (Å²) in [5, 5.41) is 13.3. The summed E-state index contributed by atoms with van der Waals surface area (Å²) < 4.78 is 0. The third-order valence-electron chi connectivity index (χ3n) is 3.36. The number of phenols is 1. The van der Waals surface area contributed by atoms with Crippen molar-refractivity contribution in [2.45, 2.75) is 26.8 Å². The number of aryl methyl sites for hydroxylation is 1. The van der Waals surface area contributed by atoms with Crippen molar-refractivity contribution in [1.82, 2.24) is 0 Å². The average molecular weight is 255 g/mol. The van der Waals surface area contributed by atoms with Crippen LogP contribution in [-0.2, 0) is 0 Å². The zero-order chi connectivity index (χ0) is 13.8. The lowest BCUT2D eigenvalue weighted by molar-refractivity contribution is 0.471. The fourth-order valence-corrected chi connectivity index (χ4v) is 2.17. The van der Waals surface area contributed by atoms with E-state index in [1.165, 1.54) is 5.56 Å². The topological polar surface area (TPSA) is 32.3 Å². The van der Waals surface area contributed by atoms with Gasteiger partial charge in [-0.2, -0.15) is 0 Å². The fraction of sp³-hybridized carbons (Fsp3) is 0.294.